The summed E-state index contributed by atoms with van der Waals surface area (Å²) in [7, 11) is 0. The van der Waals surface area contributed by atoms with Crippen LogP contribution in [0, 0.1) is 5.92 Å². The zero-order valence-corrected chi connectivity index (χ0v) is 11.7. The van der Waals surface area contributed by atoms with E-state index in [9.17, 15) is 0 Å². The first-order valence-corrected chi connectivity index (χ1v) is 6.90. The highest BCUT2D eigenvalue weighted by atomic mass is 35.5. The van der Waals surface area contributed by atoms with Gasteiger partial charge in [-0.25, -0.2) is 4.98 Å². The molecule has 1 rings (SSSR count). The monoisotopic (exact) mass is 255 g/mol. The molecule has 4 heteroatoms. The van der Waals surface area contributed by atoms with Crippen LogP contribution < -0.4 is 4.90 Å². The second kappa shape index (κ2) is 7.49. The van der Waals surface area contributed by atoms with Gasteiger partial charge in [-0.3, -0.25) is 4.98 Å². The molecule has 0 bridgehead atoms. The van der Waals surface area contributed by atoms with Crippen LogP contribution in [-0.4, -0.2) is 23.1 Å². The zero-order valence-electron chi connectivity index (χ0n) is 11.0. The quantitative estimate of drug-likeness (QED) is 0.699. The third-order valence-electron chi connectivity index (χ3n) is 3.17. The Morgan fingerprint density at radius 1 is 1.18 bits per heavy atom. The van der Waals surface area contributed by atoms with Gasteiger partial charge in [-0.15, -0.1) is 11.6 Å². The maximum Gasteiger partial charge on any atom is 0.147 e. The highest BCUT2D eigenvalue weighted by molar-refractivity contribution is 6.16. The molecule has 0 amide bonds. The molecule has 17 heavy (non-hydrogen) atoms. The van der Waals surface area contributed by atoms with E-state index in [2.05, 4.69) is 35.6 Å². The predicted molar refractivity (Wildman–Crippen MR) is 73.5 cm³/mol. The lowest BCUT2D eigenvalue weighted by Crippen LogP contribution is -2.29. The zero-order chi connectivity index (χ0) is 12.7. The molecular weight excluding hydrogens is 234 g/mol. The highest BCUT2D eigenvalue weighted by Gasteiger charge is 2.11. The Kier molecular flexibility index (Phi) is 6.27. The van der Waals surface area contributed by atoms with Gasteiger partial charge < -0.3 is 4.90 Å². The van der Waals surface area contributed by atoms with Gasteiger partial charge in [0.15, 0.2) is 0 Å². The van der Waals surface area contributed by atoms with Crippen molar-refractivity contribution >= 4 is 17.4 Å². The van der Waals surface area contributed by atoms with Crippen LogP contribution in [0.4, 0.5) is 5.82 Å². The summed E-state index contributed by atoms with van der Waals surface area (Å²) in [5.41, 5.74) is 0.828. The Bertz CT molecular complexity index is 309. The smallest absolute Gasteiger partial charge is 0.147 e. The summed E-state index contributed by atoms with van der Waals surface area (Å²) in [5.74, 6) is 2.10. The molecule has 0 radical (unpaired) electrons. The lowest BCUT2D eigenvalue weighted by molar-refractivity contribution is 0.484. The Morgan fingerprint density at radius 2 is 1.88 bits per heavy atom. The molecule has 96 valence electrons. The van der Waals surface area contributed by atoms with E-state index in [0.29, 0.717) is 5.88 Å². The highest BCUT2D eigenvalue weighted by Crippen LogP contribution is 2.15. The fourth-order valence-electron chi connectivity index (χ4n) is 1.82. The summed E-state index contributed by atoms with van der Waals surface area (Å²) < 4.78 is 0. The number of anilines is 1. The van der Waals surface area contributed by atoms with E-state index in [1.165, 1.54) is 12.8 Å². The minimum Gasteiger partial charge on any atom is -0.355 e. The molecule has 0 N–H and O–H groups in total. The van der Waals surface area contributed by atoms with Crippen LogP contribution in [-0.2, 0) is 5.88 Å². The third kappa shape index (κ3) is 4.15. The topological polar surface area (TPSA) is 29.0 Å². The van der Waals surface area contributed by atoms with Crippen LogP contribution in [0.5, 0.6) is 0 Å². The van der Waals surface area contributed by atoms with E-state index < -0.39 is 0 Å². The Balaban J connectivity index is 2.71. The van der Waals surface area contributed by atoms with Crippen molar-refractivity contribution in [1.29, 1.82) is 0 Å². The number of nitrogens with zero attached hydrogens (tertiary/aromatic N) is 3. The maximum atomic E-state index is 5.71. The van der Waals surface area contributed by atoms with Crippen molar-refractivity contribution in [3.63, 3.8) is 0 Å². The molecule has 0 unspecified atom stereocenters. The third-order valence-corrected chi connectivity index (χ3v) is 3.44. The van der Waals surface area contributed by atoms with Crippen LogP contribution in [0.25, 0.3) is 0 Å². The summed E-state index contributed by atoms with van der Waals surface area (Å²) in [6.07, 6.45) is 6.00. The second-order valence-corrected chi connectivity index (χ2v) is 4.49. The lowest BCUT2D eigenvalue weighted by Gasteiger charge is -2.26. The van der Waals surface area contributed by atoms with Crippen LogP contribution in [0.15, 0.2) is 12.4 Å². The van der Waals surface area contributed by atoms with E-state index in [0.717, 1.165) is 30.5 Å². The van der Waals surface area contributed by atoms with E-state index in [-0.39, 0.29) is 0 Å². The number of alkyl halides is 1. The number of halogens is 1. The van der Waals surface area contributed by atoms with Crippen molar-refractivity contribution in [2.24, 2.45) is 5.92 Å². The summed E-state index contributed by atoms with van der Waals surface area (Å²) in [6, 6.07) is 0. The van der Waals surface area contributed by atoms with Crippen molar-refractivity contribution in [1.82, 2.24) is 9.97 Å². The predicted octanol–water partition coefficient (Wildman–Crippen LogP) is 3.48. The molecule has 0 spiro atoms. The average molecular weight is 256 g/mol. The standard InChI is InChI=1S/C13H22ClN3/c1-4-11(5-2)10-17(6-3)13-9-15-12(7-14)8-16-13/h8-9,11H,4-7,10H2,1-3H3. The van der Waals surface area contributed by atoms with Crippen molar-refractivity contribution in [2.75, 3.05) is 18.0 Å². The molecule has 0 fully saturated rings. The molecule has 0 aliphatic heterocycles. The van der Waals surface area contributed by atoms with Gasteiger partial charge in [0.25, 0.3) is 0 Å². The van der Waals surface area contributed by atoms with Crippen molar-refractivity contribution in [3.8, 4) is 0 Å². The summed E-state index contributed by atoms with van der Waals surface area (Å²) in [4.78, 5) is 11.0. The fourth-order valence-corrected chi connectivity index (χ4v) is 1.96. The normalized spacial score (nSPS) is 10.9. The van der Waals surface area contributed by atoms with Gasteiger partial charge in [-0.2, -0.15) is 0 Å². The van der Waals surface area contributed by atoms with Crippen LogP contribution in [0.3, 0.4) is 0 Å². The van der Waals surface area contributed by atoms with Crippen molar-refractivity contribution in [2.45, 2.75) is 39.5 Å². The van der Waals surface area contributed by atoms with Gasteiger partial charge in [-0.1, -0.05) is 26.7 Å². The van der Waals surface area contributed by atoms with E-state index >= 15 is 0 Å². The van der Waals surface area contributed by atoms with Crippen LogP contribution >= 0.6 is 11.6 Å². The lowest BCUT2D eigenvalue weighted by atomic mass is 10.0. The first-order chi connectivity index (χ1) is 8.24. The van der Waals surface area contributed by atoms with Crippen LogP contribution in [0.2, 0.25) is 0 Å². The molecule has 1 aromatic rings. The first kappa shape index (κ1) is 14.2. The molecule has 0 aliphatic carbocycles. The summed E-state index contributed by atoms with van der Waals surface area (Å²) in [5, 5.41) is 0. The first-order valence-electron chi connectivity index (χ1n) is 6.36. The average Bonchev–Trinajstić information content (AvgIpc) is 2.40. The number of aromatic nitrogens is 2. The molecule has 0 saturated carbocycles. The number of hydrogen-bond donors (Lipinski definition) is 0. The molecule has 0 saturated heterocycles. The second-order valence-electron chi connectivity index (χ2n) is 4.22. The summed E-state index contributed by atoms with van der Waals surface area (Å²) >= 11 is 5.71. The van der Waals surface area contributed by atoms with E-state index in [4.69, 9.17) is 11.6 Å². The van der Waals surface area contributed by atoms with E-state index in [1.54, 1.807) is 6.20 Å². The molecule has 0 aromatic carbocycles. The minimum atomic E-state index is 0.423. The van der Waals surface area contributed by atoms with Gasteiger partial charge in [-0.05, 0) is 12.8 Å². The molecule has 1 aromatic heterocycles. The molecule has 1 heterocycles. The maximum absolute atomic E-state index is 5.71. The number of hydrogen-bond acceptors (Lipinski definition) is 3. The van der Waals surface area contributed by atoms with Gasteiger partial charge in [0.2, 0.25) is 0 Å². The molecule has 3 nitrogen and oxygen atoms in total. The van der Waals surface area contributed by atoms with Crippen molar-refractivity contribution < 1.29 is 0 Å². The largest absolute Gasteiger partial charge is 0.355 e. The Morgan fingerprint density at radius 3 is 2.29 bits per heavy atom. The number of rotatable bonds is 7. The van der Waals surface area contributed by atoms with Crippen LogP contribution in [0.1, 0.15) is 39.3 Å². The van der Waals surface area contributed by atoms with Crippen molar-refractivity contribution in [3.05, 3.63) is 18.1 Å². The Labute approximate surface area is 109 Å². The molecular formula is C13H22ClN3. The molecule has 0 aliphatic rings. The SMILES string of the molecule is CCC(CC)CN(CC)c1cnc(CCl)cn1. The molecule has 0 atom stereocenters. The Hall–Kier alpha value is -0.830. The van der Waals surface area contributed by atoms with Gasteiger partial charge in [0, 0.05) is 13.1 Å². The van der Waals surface area contributed by atoms with Gasteiger partial charge in [0.05, 0.1) is 24.0 Å². The van der Waals surface area contributed by atoms with E-state index in [1.807, 2.05) is 6.20 Å². The fraction of sp³-hybridized carbons (Fsp3) is 0.692. The summed E-state index contributed by atoms with van der Waals surface area (Å²) in [6.45, 7) is 8.65. The van der Waals surface area contributed by atoms with Gasteiger partial charge in [0.1, 0.15) is 5.82 Å². The van der Waals surface area contributed by atoms with Gasteiger partial charge >= 0.3 is 0 Å². The minimum absolute atomic E-state index is 0.423.